The number of allylic oxidation sites excluding steroid dienone is 2. The molecule has 0 bridgehead atoms. The Balaban J connectivity index is 1.56. The first-order valence-electron chi connectivity index (χ1n) is 12.8. The second-order valence-electron chi connectivity index (χ2n) is 10.1. The molecule has 3 rings (SSSR count). The number of benzene rings is 1. The zero-order valence-electron chi connectivity index (χ0n) is 22.1. The van der Waals surface area contributed by atoms with Crippen LogP contribution in [-0.2, 0) is 9.59 Å². The molecule has 1 aromatic rings. The molecule has 2 heterocycles. The molecule has 0 atom stereocenters. The van der Waals surface area contributed by atoms with Gasteiger partial charge in [0.2, 0.25) is 0 Å². The van der Waals surface area contributed by atoms with Gasteiger partial charge in [-0.2, -0.15) is 0 Å². The van der Waals surface area contributed by atoms with Crippen LogP contribution in [0, 0.1) is 5.92 Å². The predicted octanol–water partition coefficient (Wildman–Crippen LogP) is 2.88. The Morgan fingerprint density at radius 3 is 2.16 bits per heavy atom. The van der Waals surface area contributed by atoms with Crippen molar-refractivity contribution in [1.82, 2.24) is 20.4 Å². The van der Waals surface area contributed by atoms with Gasteiger partial charge in [0.05, 0.1) is 17.1 Å². The highest BCUT2D eigenvalue weighted by molar-refractivity contribution is 5.98. The first kappa shape index (κ1) is 28.2. The Morgan fingerprint density at radius 1 is 1.00 bits per heavy atom. The highest BCUT2D eigenvalue weighted by atomic mass is 16.4. The lowest BCUT2D eigenvalue weighted by Gasteiger charge is -2.35. The van der Waals surface area contributed by atoms with E-state index in [0.717, 1.165) is 45.7 Å². The summed E-state index contributed by atoms with van der Waals surface area (Å²) in [5.74, 6) is -2.69. The maximum absolute atomic E-state index is 12.5. The lowest BCUT2D eigenvalue weighted by molar-refractivity contribution is -0.133. The van der Waals surface area contributed by atoms with E-state index < -0.39 is 17.9 Å². The number of rotatable bonds is 10. The molecule has 10 nitrogen and oxygen atoms in total. The number of hydrogen-bond donors (Lipinski definition) is 5. The Labute approximate surface area is 218 Å². The summed E-state index contributed by atoms with van der Waals surface area (Å²) in [6, 6.07) is 6.30. The molecule has 37 heavy (non-hydrogen) atoms. The molecule has 1 saturated heterocycles. The van der Waals surface area contributed by atoms with Crippen molar-refractivity contribution in [3.63, 3.8) is 0 Å². The summed E-state index contributed by atoms with van der Waals surface area (Å²) < 4.78 is 0. The first-order chi connectivity index (χ1) is 17.6. The quantitative estimate of drug-likeness (QED) is 0.302. The summed E-state index contributed by atoms with van der Waals surface area (Å²) in [5, 5.41) is 28.1. The first-order valence-corrected chi connectivity index (χ1v) is 12.8. The Kier molecular flexibility index (Phi) is 9.71. The van der Waals surface area contributed by atoms with Crippen LogP contribution in [0.1, 0.15) is 45.6 Å². The van der Waals surface area contributed by atoms with Crippen LogP contribution in [0.15, 0.2) is 46.8 Å². The Bertz CT molecular complexity index is 1040. The van der Waals surface area contributed by atoms with Gasteiger partial charge in [0, 0.05) is 56.4 Å². The summed E-state index contributed by atoms with van der Waals surface area (Å²) in [5.41, 5.74) is 1.64. The molecule has 2 aliphatic heterocycles. The number of urea groups is 1. The number of carbonyl (C=O) groups excluding carboxylic acids is 1. The largest absolute Gasteiger partial charge is 0.478 e. The van der Waals surface area contributed by atoms with E-state index in [4.69, 9.17) is 0 Å². The minimum Gasteiger partial charge on any atom is -0.478 e. The predicted molar refractivity (Wildman–Crippen MR) is 142 cm³/mol. The van der Waals surface area contributed by atoms with Gasteiger partial charge in [0.25, 0.3) is 0 Å². The number of piperazine rings is 1. The normalized spacial score (nSPS) is 17.6. The molecule has 2 aliphatic rings. The van der Waals surface area contributed by atoms with Crippen LogP contribution in [0.3, 0.4) is 0 Å². The average Bonchev–Trinajstić information content (AvgIpc) is 2.81. The molecule has 5 N–H and O–H groups in total. The Hall–Kier alpha value is -3.37. The maximum atomic E-state index is 12.5. The number of dihydropyridines is 1. The number of aliphatic carboxylic acids is 2. The third-order valence-electron chi connectivity index (χ3n) is 6.72. The van der Waals surface area contributed by atoms with Crippen molar-refractivity contribution in [3.8, 4) is 0 Å². The molecular weight excluding hydrogens is 474 g/mol. The highest BCUT2D eigenvalue weighted by Gasteiger charge is 2.36. The second-order valence-corrected chi connectivity index (χ2v) is 10.1. The number of amides is 2. The zero-order valence-corrected chi connectivity index (χ0v) is 22.1. The van der Waals surface area contributed by atoms with Crippen LogP contribution in [0.2, 0.25) is 0 Å². The van der Waals surface area contributed by atoms with E-state index in [1.54, 1.807) is 38.1 Å². The molecule has 0 unspecified atom stereocenters. The number of anilines is 1. The molecule has 202 valence electrons. The van der Waals surface area contributed by atoms with Gasteiger partial charge >= 0.3 is 18.0 Å². The minimum absolute atomic E-state index is 0.0327. The van der Waals surface area contributed by atoms with Gasteiger partial charge in [-0.1, -0.05) is 26.0 Å². The van der Waals surface area contributed by atoms with Gasteiger partial charge < -0.3 is 36.0 Å². The highest BCUT2D eigenvalue weighted by Crippen LogP contribution is 2.38. The number of hydrogen-bond acceptors (Lipinski definition) is 6. The van der Waals surface area contributed by atoms with Crippen LogP contribution in [0.5, 0.6) is 0 Å². The summed E-state index contributed by atoms with van der Waals surface area (Å²) in [4.78, 5) is 41.4. The molecule has 0 radical (unpaired) electrons. The van der Waals surface area contributed by atoms with E-state index in [0.29, 0.717) is 35.1 Å². The fourth-order valence-corrected chi connectivity index (χ4v) is 5.08. The standard InChI is InChI=1S/C27H39N5O5/c1-17(2)16-32-13-11-31(12-14-32)10-6-9-28-27(37)30-21-8-5-7-20(15-21)24-22(25(33)34)18(3)29-19(4)23(24)26(35)36/h5,7-8,15,17,24,29H,6,9-14,16H2,1-4H3,(H,33,34)(H,35,36)(H2,28,30,37). The molecule has 1 aromatic carbocycles. The molecule has 0 spiro atoms. The van der Waals surface area contributed by atoms with E-state index in [1.807, 2.05) is 0 Å². The lowest BCUT2D eigenvalue weighted by atomic mass is 9.80. The molecule has 0 saturated carbocycles. The van der Waals surface area contributed by atoms with Crippen molar-refractivity contribution in [2.75, 3.05) is 51.1 Å². The fraction of sp³-hybridized carbons (Fsp3) is 0.519. The Morgan fingerprint density at radius 2 is 1.59 bits per heavy atom. The van der Waals surface area contributed by atoms with Crippen LogP contribution < -0.4 is 16.0 Å². The van der Waals surface area contributed by atoms with Crippen molar-refractivity contribution < 1.29 is 24.6 Å². The van der Waals surface area contributed by atoms with E-state index in [2.05, 4.69) is 39.6 Å². The number of carbonyl (C=O) groups is 3. The van der Waals surface area contributed by atoms with E-state index >= 15 is 0 Å². The van der Waals surface area contributed by atoms with Crippen molar-refractivity contribution in [2.45, 2.75) is 40.0 Å². The number of nitrogens with zero attached hydrogens (tertiary/aromatic N) is 2. The van der Waals surface area contributed by atoms with E-state index in [-0.39, 0.29) is 17.2 Å². The maximum Gasteiger partial charge on any atom is 0.334 e. The topological polar surface area (TPSA) is 134 Å². The molecule has 2 amide bonds. The van der Waals surface area contributed by atoms with Gasteiger partial charge in [-0.15, -0.1) is 0 Å². The van der Waals surface area contributed by atoms with E-state index in [9.17, 15) is 24.6 Å². The fourth-order valence-electron chi connectivity index (χ4n) is 5.08. The third-order valence-corrected chi connectivity index (χ3v) is 6.72. The molecule has 0 aliphatic carbocycles. The molecular formula is C27H39N5O5. The summed E-state index contributed by atoms with van der Waals surface area (Å²) in [6.45, 7) is 14.5. The zero-order chi connectivity index (χ0) is 27.1. The number of carboxylic acid groups (broad SMARTS) is 2. The van der Waals surface area contributed by atoms with Crippen molar-refractivity contribution in [3.05, 3.63) is 52.4 Å². The van der Waals surface area contributed by atoms with Gasteiger partial charge in [-0.05, 0) is 50.4 Å². The summed E-state index contributed by atoms with van der Waals surface area (Å²) in [7, 11) is 0. The molecule has 0 aromatic heterocycles. The number of carboxylic acids is 2. The SMILES string of the molecule is CC1=C(C(=O)O)C(c2cccc(NC(=O)NCCCN3CCN(CC(C)C)CC3)c2)C(C(=O)O)=C(C)N1. The second kappa shape index (κ2) is 12.7. The lowest BCUT2D eigenvalue weighted by Crippen LogP contribution is -2.47. The van der Waals surface area contributed by atoms with Gasteiger partial charge in [-0.25, -0.2) is 14.4 Å². The van der Waals surface area contributed by atoms with Crippen LogP contribution >= 0.6 is 0 Å². The third kappa shape index (κ3) is 7.56. The van der Waals surface area contributed by atoms with Crippen molar-refractivity contribution in [1.29, 1.82) is 0 Å². The molecule has 10 heteroatoms. The van der Waals surface area contributed by atoms with Crippen molar-refractivity contribution >= 4 is 23.7 Å². The van der Waals surface area contributed by atoms with Crippen LogP contribution in [0.4, 0.5) is 10.5 Å². The van der Waals surface area contributed by atoms with Gasteiger partial charge in [-0.3, -0.25) is 0 Å². The van der Waals surface area contributed by atoms with Gasteiger partial charge in [0.1, 0.15) is 0 Å². The molecule has 1 fully saturated rings. The van der Waals surface area contributed by atoms with E-state index in [1.165, 1.54) is 0 Å². The van der Waals surface area contributed by atoms with Crippen molar-refractivity contribution in [2.24, 2.45) is 5.92 Å². The smallest absolute Gasteiger partial charge is 0.334 e. The minimum atomic E-state index is -1.20. The average molecular weight is 514 g/mol. The van der Waals surface area contributed by atoms with Crippen LogP contribution in [-0.4, -0.2) is 83.8 Å². The summed E-state index contributed by atoms with van der Waals surface area (Å²) >= 11 is 0. The monoisotopic (exact) mass is 513 g/mol. The summed E-state index contributed by atoms with van der Waals surface area (Å²) in [6.07, 6.45) is 0.838. The van der Waals surface area contributed by atoms with Crippen LogP contribution in [0.25, 0.3) is 0 Å². The number of nitrogens with one attached hydrogen (secondary N) is 3. The van der Waals surface area contributed by atoms with Gasteiger partial charge in [0.15, 0.2) is 0 Å².